The molecular weight excluding hydrogens is 242 g/mol. The third-order valence-electron chi connectivity index (χ3n) is 1.99. The van der Waals surface area contributed by atoms with Gasteiger partial charge in [-0.15, -0.1) is 0 Å². The van der Waals surface area contributed by atoms with Gasteiger partial charge >= 0.3 is 0 Å². The van der Waals surface area contributed by atoms with Crippen LogP contribution in [0.4, 0.5) is 11.9 Å². The highest BCUT2D eigenvalue weighted by Crippen LogP contribution is 2.05. The summed E-state index contributed by atoms with van der Waals surface area (Å²) in [5, 5.41) is 3.00. The molecule has 0 aliphatic carbocycles. The highest BCUT2D eigenvalue weighted by Gasteiger charge is 1.97. The zero-order chi connectivity index (χ0) is 14.1. The van der Waals surface area contributed by atoms with Crippen LogP contribution in [0, 0.1) is 0 Å². The average molecular weight is 261 g/mol. The zero-order valence-electron chi connectivity index (χ0n) is 11.4. The van der Waals surface area contributed by atoms with Gasteiger partial charge < -0.3 is 15.8 Å². The summed E-state index contributed by atoms with van der Waals surface area (Å²) < 4.78 is 4.91. The normalized spacial score (nSPS) is 9.47. The van der Waals surface area contributed by atoms with Gasteiger partial charge in [0.25, 0.3) is 0 Å². The maximum atomic E-state index is 5.33. The van der Waals surface area contributed by atoms with E-state index in [2.05, 4.69) is 20.3 Å². The molecule has 0 fully saturated rings. The molecule has 0 spiro atoms. The molecule has 0 atom stereocenters. The third kappa shape index (κ3) is 6.21. The molecule has 1 aromatic carbocycles. The van der Waals surface area contributed by atoms with E-state index in [-0.39, 0.29) is 5.95 Å². The quantitative estimate of drug-likeness (QED) is 0.878. The lowest BCUT2D eigenvalue weighted by Gasteiger charge is -2.06. The van der Waals surface area contributed by atoms with Gasteiger partial charge in [0.2, 0.25) is 11.9 Å². The number of nitrogens with one attached hydrogen (secondary N) is 1. The van der Waals surface area contributed by atoms with E-state index in [1.165, 1.54) is 6.33 Å². The smallest absolute Gasteiger partial charge is 0.227 e. The van der Waals surface area contributed by atoms with E-state index in [4.69, 9.17) is 10.5 Å². The minimum Gasteiger partial charge on any atom is -0.497 e. The molecule has 0 aliphatic heterocycles. The van der Waals surface area contributed by atoms with Crippen molar-refractivity contribution in [2.45, 2.75) is 19.9 Å². The van der Waals surface area contributed by atoms with Crippen molar-refractivity contribution >= 4 is 11.9 Å². The van der Waals surface area contributed by atoms with Crippen LogP contribution in [0.15, 0.2) is 36.7 Å². The van der Waals surface area contributed by atoms with Gasteiger partial charge in [0.1, 0.15) is 12.1 Å². The van der Waals surface area contributed by atoms with Gasteiger partial charge in [0.05, 0.1) is 7.11 Å². The Balaban J connectivity index is 0.000000200. The van der Waals surface area contributed by atoms with Gasteiger partial charge in [-0.2, -0.15) is 4.98 Å². The van der Waals surface area contributed by atoms with Gasteiger partial charge in [-0.1, -0.05) is 18.2 Å². The number of rotatable bonds is 3. The summed E-state index contributed by atoms with van der Waals surface area (Å²) in [7, 11) is 1.66. The largest absolute Gasteiger partial charge is 0.497 e. The van der Waals surface area contributed by atoms with Crippen molar-refractivity contribution in [2.75, 3.05) is 18.2 Å². The number of methoxy groups -OCH3 is 1. The molecule has 19 heavy (non-hydrogen) atoms. The monoisotopic (exact) mass is 261 g/mol. The molecule has 0 aliphatic rings. The molecule has 1 heterocycles. The van der Waals surface area contributed by atoms with Crippen LogP contribution in [-0.4, -0.2) is 28.1 Å². The molecule has 6 heteroatoms. The predicted octanol–water partition coefficient (Wildman–Crippen LogP) is 1.97. The number of hydrogen-bond acceptors (Lipinski definition) is 6. The van der Waals surface area contributed by atoms with Crippen LogP contribution >= 0.6 is 0 Å². The number of anilines is 2. The summed E-state index contributed by atoms with van der Waals surface area (Å²) >= 11 is 0. The molecule has 1 aromatic heterocycles. The van der Waals surface area contributed by atoms with E-state index in [9.17, 15) is 0 Å². The number of nitrogen functional groups attached to an aromatic ring is 1. The highest BCUT2D eigenvalue weighted by atomic mass is 16.5. The lowest BCUT2D eigenvalue weighted by Crippen LogP contribution is -2.13. The molecule has 102 valence electrons. The van der Waals surface area contributed by atoms with E-state index < -0.39 is 0 Å². The van der Waals surface area contributed by atoms with Crippen molar-refractivity contribution in [1.29, 1.82) is 0 Å². The molecule has 6 nitrogen and oxygen atoms in total. The Morgan fingerprint density at radius 1 is 1.16 bits per heavy atom. The molecule has 0 bridgehead atoms. The molecule has 0 unspecified atom stereocenters. The Labute approximate surface area is 113 Å². The molecule has 2 rings (SSSR count). The molecule has 0 saturated carbocycles. The first kappa shape index (κ1) is 14.7. The highest BCUT2D eigenvalue weighted by molar-refractivity contribution is 5.29. The van der Waals surface area contributed by atoms with E-state index in [1.807, 2.05) is 44.2 Å². The standard InChI is InChI=1S/C7H8O.C6H11N5/c1-8-7-5-3-2-4-6-7;1-4(2)10-6-9-3-8-5(7)11-6/h2-6H,1H3;3-4H,1-2H3,(H3,7,8,9,10,11). The van der Waals surface area contributed by atoms with Gasteiger partial charge in [-0.25, -0.2) is 9.97 Å². The second kappa shape index (κ2) is 7.86. The van der Waals surface area contributed by atoms with Gasteiger partial charge in [0.15, 0.2) is 0 Å². The molecule has 0 amide bonds. The Bertz CT molecular complexity index is 475. The maximum absolute atomic E-state index is 5.33. The van der Waals surface area contributed by atoms with Crippen LogP contribution in [-0.2, 0) is 0 Å². The molecule has 0 radical (unpaired) electrons. The van der Waals surface area contributed by atoms with E-state index >= 15 is 0 Å². The van der Waals surface area contributed by atoms with Crippen molar-refractivity contribution < 1.29 is 4.74 Å². The van der Waals surface area contributed by atoms with Gasteiger partial charge in [0, 0.05) is 6.04 Å². The number of hydrogen-bond donors (Lipinski definition) is 2. The third-order valence-corrected chi connectivity index (χ3v) is 1.99. The number of aromatic nitrogens is 3. The summed E-state index contributed by atoms with van der Waals surface area (Å²) in [4.78, 5) is 11.4. The van der Waals surface area contributed by atoms with Gasteiger partial charge in [-0.05, 0) is 26.0 Å². The van der Waals surface area contributed by atoms with Crippen molar-refractivity contribution in [2.24, 2.45) is 0 Å². The van der Waals surface area contributed by atoms with Crippen LogP contribution < -0.4 is 15.8 Å². The van der Waals surface area contributed by atoms with Crippen molar-refractivity contribution in [3.05, 3.63) is 36.7 Å². The van der Waals surface area contributed by atoms with E-state index in [0.717, 1.165) is 5.75 Å². The fraction of sp³-hybridized carbons (Fsp3) is 0.308. The Morgan fingerprint density at radius 3 is 2.32 bits per heavy atom. The fourth-order valence-corrected chi connectivity index (χ4v) is 1.19. The number of para-hydroxylation sites is 1. The minimum atomic E-state index is 0.239. The van der Waals surface area contributed by atoms with Gasteiger partial charge in [-0.3, -0.25) is 0 Å². The SMILES string of the molecule is CC(C)Nc1ncnc(N)n1.COc1ccccc1. The Morgan fingerprint density at radius 2 is 1.84 bits per heavy atom. The number of nitrogens with two attached hydrogens (primary N) is 1. The first-order valence-electron chi connectivity index (χ1n) is 5.92. The summed E-state index contributed by atoms with van der Waals surface area (Å²) in [5.41, 5.74) is 5.33. The van der Waals surface area contributed by atoms with Crippen molar-refractivity contribution in [1.82, 2.24) is 15.0 Å². The summed E-state index contributed by atoms with van der Waals surface area (Å²) in [6, 6.07) is 9.98. The number of nitrogens with zero attached hydrogens (tertiary/aromatic N) is 3. The van der Waals surface area contributed by atoms with E-state index in [1.54, 1.807) is 7.11 Å². The average Bonchev–Trinajstić information content (AvgIpc) is 2.40. The summed E-state index contributed by atoms with van der Waals surface area (Å²) in [6.45, 7) is 4.00. The molecule has 3 N–H and O–H groups in total. The second-order valence-corrected chi connectivity index (χ2v) is 3.98. The minimum absolute atomic E-state index is 0.239. The lowest BCUT2D eigenvalue weighted by molar-refractivity contribution is 0.415. The van der Waals surface area contributed by atoms with Crippen LogP contribution in [0.3, 0.4) is 0 Å². The molecular formula is C13H19N5O. The first-order chi connectivity index (χ1) is 9.11. The topological polar surface area (TPSA) is 86.0 Å². The lowest BCUT2D eigenvalue weighted by atomic mass is 10.3. The zero-order valence-corrected chi connectivity index (χ0v) is 11.4. The second-order valence-electron chi connectivity index (χ2n) is 3.98. The predicted molar refractivity (Wildman–Crippen MR) is 76.0 cm³/mol. The molecule has 2 aromatic rings. The fourth-order valence-electron chi connectivity index (χ4n) is 1.19. The summed E-state index contributed by atoms with van der Waals surface area (Å²) in [5.74, 6) is 1.67. The first-order valence-corrected chi connectivity index (χ1v) is 5.92. The van der Waals surface area contributed by atoms with Crippen molar-refractivity contribution in [3.8, 4) is 5.75 Å². The Hall–Kier alpha value is -2.37. The maximum Gasteiger partial charge on any atom is 0.227 e. The molecule has 0 saturated heterocycles. The number of benzene rings is 1. The van der Waals surface area contributed by atoms with Crippen LogP contribution in [0.2, 0.25) is 0 Å². The van der Waals surface area contributed by atoms with E-state index in [0.29, 0.717) is 12.0 Å². The van der Waals surface area contributed by atoms with Crippen LogP contribution in [0.25, 0.3) is 0 Å². The van der Waals surface area contributed by atoms with Crippen LogP contribution in [0.1, 0.15) is 13.8 Å². The van der Waals surface area contributed by atoms with Crippen LogP contribution in [0.5, 0.6) is 5.75 Å². The summed E-state index contributed by atoms with van der Waals surface area (Å²) in [6.07, 6.45) is 1.38. The van der Waals surface area contributed by atoms with Crippen molar-refractivity contribution in [3.63, 3.8) is 0 Å². The Kier molecular flexibility index (Phi) is 6.08. The number of ether oxygens (including phenoxy) is 1.